The molecule has 0 aliphatic rings. The fourth-order valence-corrected chi connectivity index (χ4v) is 3.52. The van der Waals surface area contributed by atoms with Crippen LogP contribution in [0, 0.1) is 5.92 Å². The number of hydrogen-bond donors (Lipinski definition) is 2. The number of esters is 1. The molecule has 0 unspecified atom stereocenters. The second-order valence-corrected chi connectivity index (χ2v) is 8.01. The van der Waals surface area contributed by atoms with E-state index in [0.717, 1.165) is 34.2 Å². The minimum Gasteiger partial charge on any atom is -0.497 e. The molecule has 0 spiro atoms. The molecule has 3 aromatic rings. The van der Waals surface area contributed by atoms with E-state index in [-0.39, 0.29) is 24.4 Å². The summed E-state index contributed by atoms with van der Waals surface area (Å²) in [5.74, 6) is 0.479. The minimum atomic E-state index is -0.341. The number of aromatic nitrogens is 1. The number of H-pyrrole nitrogens is 1. The van der Waals surface area contributed by atoms with Gasteiger partial charge in [-0.05, 0) is 41.7 Å². The van der Waals surface area contributed by atoms with Crippen molar-refractivity contribution in [3.05, 3.63) is 65.9 Å². The number of methoxy groups -OCH3 is 1. The molecule has 0 saturated carbocycles. The van der Waals surface area contributed by atoms with Crippen molar-refractivity contribution in [3.8, 4) is 5.75 Å². The highest BCUT2D eigenvalue weighted by molar-refractivity contribution is 5.84. The fourth-order valence-electron chi connectivity index (χ4n) is 3.52. The number of aromatic amines is 1. The molecule has 0 aliphatic heterocycles. The van der Waals surface area contributed by atoms with E-state index in [1.807, 2.05) is 62.5 Å². The summed E-state index contributed by atoms with van der Waals surface area (Å²) in [6, 6.07) is 15.9. The first-order valence-corrected chi connectivity index (χ1v) is 10.6. The standard InChI is InChI=1S/C25H30N2O4/c1-17(2)8-13-25(29)31-16-24(28)27-14-21(18-9-11-19(30-3)12-10-18)22-15-26-23-7-5-4-6-20(22)23/h4-7,9-12,15,17,21,26H,8,13-14,16H2,1-3H3,(H,27,28)/t21-/m0/s1. The zero-order valence-corrected chi connectivity index (χ0v) is 18.3. The Morgan fingerprint density at radius 2 is 1.81 bits per heavy atom. The summed E-state index contributed by atoms with van der Waals surface area (Å²) in [6.45, 7) is 4.21. The van der Waals surface area contributed by atoms with Crippen molar-refractivity contribution >= 4 is 22.8 Å². The molecule has 0 fully saturated rings. The van der Waals surface area contributed by atoms with E-state index in [2.05, 4.69) is 16.4 Å². The summed E-state index contributed by atoms with van der Waals surface area (Å²) >= 11 is 0. The molecule has 3 rings (SSSR count). The Morgan fingerprint density at radius 3 is 2.52 bits per heavy atom. The number of carbonyl (C=O) groups excluding carboxylic acids is 2. The van der Waals surface area contributed by atoms with Gasteiger partial charge < -0.3 is 19.8 Å². The lowest BCUT2D eigenvalue weighted by molar-refractivity contribution is -0.148. The second-order valence-electron chi connectivity index (χ2n) is 8.01. The molecule has 2 N–H and O–H groups in total. The zero-order chi connectivity index (χ0) is 22.2. The van der Waals surface area contributed by atoms with Gasteiger partial charge in [-0.15, -0.1) is 0 Å². The molecule has 1 aromatic heterocycles. The van der Waals surface area contributed by atoms with Crippen LogP contribution in [-0.2, 0) is 14.3 Å². The Labute approximate surface area is 182 Å². The van der Waals surface area contributed by atoms with Crippen LogP contribution >= 0.6 is 0 Å². The number of hydrogen-bond acceptors (Lipinski definition) is 4. The van der Waals surface area contributed by atoms with Crippen molar-refractivity contribution in [1.29, 1.82) is 0 Å². The highest BCUT2D eigenvalue weighted by atomic mass is 16.5. The maximum Gasteiger partial charge on any atom is 0.306 e. The number of nitrogens with one attached hydrogen (secondary N) is 2. The van der Waals surface area contributed by atoms with E-state index in [0.29, 0.717) is 18.9 Å². The smallest absolute Gasteiger partial charge is 0.306 e. The van der Waals surface area contributed by atoms with E-state index in [9.17, 15) is 9.59 Å². The number of amides is 1. The van der Waals surface area contributed by atoms with E-state index < -0.39 is 0 Å². The van der Waals surface area contributed by atoms with Crippen LogP contribution in [0.25, 0.3) is 10.9 Å². The minimum absolute atomic E-state index is 0.0670. The molecular formula is C25H30N2O4. The van der Waals surface area contributed by atoms with Gasteiger partial charge in [0.05, 0.1) is 7.11 Å². The Hall–Kier alpha value is -3.28. The summed E-state index contributed by atoms with van der Waals surface area (Å²) < 4.78 is 10.4. The van der Waals surface area contributed by atoms with Gasteiger partial charge >= 0.3 is 5.97 Å². The highest BCUT2D eigenvalue weighted by Crippen LogP contribution is 2.31. The SMILES string of the molecule is COc1ccc([C@H](CNC(=O)COC(=O)CCC(C)C)c2c[nH]c3ccccc23)cc1. The van der Waals surface area contributed by atoms with Crippen LogP contribution in [0.4, 0.5) is 0 Å². The van der Waals surface area contributed by atoms with E-state index in [1.165, 1.54) is 0 Å². The predicted octanol–water partition coefficient (Wildman–Crippen LogP) is 4.40. The van der Waals surface area contributed by atoms with Crippen molar-refractivity contribution in [3.63, 3.8) is 0 Å². The number of para-hydroxylation sites is 1. The summed E-state index contributed by atoms with van der Waals surface area (Å²) in [5.41, 5.74) is 3.19. The van der Waals surface area contributed by atoms with Gasteiger partial charge in [0.2, 0.25) is 0 Å². The molecule has 0 aliphatic carbocycles. The molecule has 164 valence electrons. The first-order valence-electron chi connectivity index (χ1n) is 10.6. The Kier molecular flexibility index (Phi) is 7.70. The normalized spacial score (nSPS) is 12.0. The summed E-state index contributed by atoms with van der Waals surface area (Å²) in [6.07, 6.45) is 3.06. The monoisotopic (exact) mass is 422 g/mol. The topological polar surface area (TPSA) is 80.4 Å². The molecule has 1 amide bonds. The number of fused-ring (bicyclic) bond motifs is 1. The molecule has 1 heterocycles. The first kappa shape index (κ1) is 22.4. The van der Waals surface area contributed by atoms with Crippen LogP contribution in [0.2, 0.25) is 0 Å². The molecule has 6 nitrogen and oxygen atoms in total. The second kappa shape index (κ2) is 10.7. The predicted molar refractivity (Wildman–Crippen MR) is 121 cm³/mol. The van der Waals surface area contributed by atoms with E-state index in [1.54, 1.807) is 7.11 Å². The van der Waals surface area contributed by atoms with Crippen LogP contribution < -0.4 is 10.1 Å². The van der Waals surface area contributed by atoms with Crippen molar-refractivity contribution in [2.45, 2.75) is 32.6 Å². The summed E-state index contributed by atoms with van der Waals surface area (Å²) in [4.78, 5) is 27.4. The molecule has 31 heavy (non-hydrogen) atoms. The van der Waals surface area contributed by atoms with Gasteiger partial charge in [-0.3, -0.25) is 9.59 Å². The van der Waals surface area contributed by atoms with Crippen molar-refractivity contribution in [2.75, 3.05) is 20.3 Å². The maximum atomic E-state index is 12.3. The van der Waals surface area contributed by atoms with Gasteiger partial charge in [-0.1, -0.05) is 44.2 Å². The number of benzene rings is 2. The third-order valence-electron chi connectivity index (χ3n) is 5.31. The van der Waals surface area contributed by atoms with Crippen LogP contribution in [0.1, 0.15) is 43.7 Å². The highest BCUT2D eigenvalue weighted by Gasteiger charge is 2.19. The third-order valence-corrected chi connectivity index (χ3v) is 5.31. The number of rotatable bonds is 10. The lowest BCUT2D eigenvalue weighted by Gasteiger charge is -2.18. The summed E-state index contributed by atoms with van der Waals surface area (Å²) in [5, 5.41) is 4.03. The van der Waals surface area contributed by atoms with Crippen molar-refractivity contribution < 1.29 is 19.1 Å². The van der Waals surface area contributed by atoms with Gasteiger partial charge in [-0.25, -0.2) is 0 Å². The third kappa shape index (κ3) is 6.10. The molecule has 2 aromatic carbocycles. The molecule has 1 atom stereocenters. The van der Waals surface area contributed by atoms with Gasteiger partial charge in [0, 0.05) is 36.0 Å². The van der Waals surface area contributed by atoms with Gasteiger partial charge in [-0.2, -0.15) is 0 Å². The van der Waals surface area contributed by atoms with Crippen LogP contribution in [-0.4, -0.2) is 37.1 Å². The van der Waals surface area contributed by atoms with Gasteiger partial charge in [0.25, 0.3) is 5.91 Å². The molecule has 6 heteroatoms. The molecule has 0 saturated heterocycles. The van der Waals surface area contributed by atoms with Crippen LogP contribution in [0.5, 0.6) is 5.75 Å². The van der Waals surface area contributed by atoms with E-state index in [4.69, 9.17) is 9.47 Å². The van der Waals surface area contributed by atoms with E-state index >= 15 is 0 Å². The largest absolute Gasteiger partial charge is 0.497 e. The molecule has 0 radical (unpaired) electrons. The van der Waals surface area contributed by atoms with Crippen molar-refractivity contribution in [1.82, 2.24) is 10.3 Å². The Morgan fingerprint density at radius 1 is 1.06 bits per heavy atom. The van der Waals surface area contributed by atoms with Gasteiger partial charge in [0.15, 0.2) is 6.61 Å². The average molecular weight is 423 g/mol. The maximum absolute atomic E-state index is 12.3. The van der Waals surface area contributed by atoms with Crippen LogP contribution in [0.3, 0.4) is 0 Å². The lowest BCUT2D eigenvalue weighted by atomic mass is 9.91. The fraction of sp³-hybridized carbons (Fsp3) is 0.360. The van der Waals surface area contributed by atoms with Crippen LogP contribution in [0.15, 0.2) is 54.7 Å². The number of ether oxygens (including phenoxy) is 2. The number of carbonyl (C=O) groups is 2. The molecular weight excluding hydrogens is 392 g/mol. The van der Waals surface area contributed by atoms with Gasteiger partial charge in [0.1, 0.15) is 5.75 Å². The first-order chi connectivity index (χ1) is 15.0. The Balaban J connectivity index is 1.70. The average Bonchev–Trinajstić information content (AvgIpc) is 3.21. The molecule has 0 bridgehead atoms. The quantitative estimate of drug-likeness (QED) is 0.475. The van der Waals surface area contributed by atoms with Crippen molar-refractivity contribution in [2.24, 2.45) is 5.92 Å². The zero-order valence-electron chi connectivity index (χ0n) is 18.3. The summed E-state index contributed by atoms with van der Waals surface area (Å²) in [7, 11) is 1.63. The Bertz CT molecular complexity index is 1010. The lowest BCUT2D eigenvalue weighted by Crippen LogP contribution is -2.32.